The van der Waals surface area contributed by atoms with Crippen molar-refractivity contribution in [1.82, 2.24) is 5.32 Å². The summed E-state index contributed by atoms with van der Waals surface area (Å²) in [5.41, 5.74) is 1.12. The molecule has 0 saturated heterocycles. The van der Waals surface area contributed by atoms with Crippen molar-refractivity contribution < 1.29 is 9.90 Å². The smallest absolute Gasteiger partial charge is 0.345 e. The molecule has 0 spiro atoms. The first-order valence-corrected chi connectivity index (χ1v) is 6.52. The summed E-state index contributed by atoms with van der Waals surface area (Å²) < 4.78 is 0. The standard InChI is InChI=1S/C12H17NO2S/c1-8-10(6-11(16-8)12(14)15)7-13-5-4-9-2-3-9/h6,9,13H,2-5,7H2,1H3,(H,14,15). The normalized spacial score (nSPS) is 15.3. The molecule has 1 aliphatic rings. The minimum Gasteiger partial charge on any atom is -0.477 e. The maximum Gasteiger partial charge on any atom is 0.345 e. The fourth-order valence-electron chi connectivity index (χ4n) is 1.74. The van der Waals surface area contributed by atoms with Crippen molar-refractivity contribution in [2.75, 3.05) is 6.54 Å². The van der Waals surface area contributed by atoms with Gasteiger partial charge in [0, 0.05) is 11.4 Å². The Morgan fingerprint density at radius 2 is 2.38 bits per heavy atom. The van der Waals surface area contributed by atoms with Gasteiger partial charge in [0.15, 0.2) is 0 Å². The third-order valence-corrected chi connectivity index (χ3v) is 4.05. The van der Waals surface area contributed by atoms with Crippen molar-refractivity contribution in [3.8, 4) is 0 Å². The van der Waals surface area contributed by atoms with Crippen LogP contribution in [0.4, 0.5) is 0 Å². The van der Waals surface area contributed by atoms with E-state index in [1.54, 1.807) is 6.07 Å². The lowest BCUT2D eigenvalue weighted by atomic mass is 10.2. The summed E-state index contributed by atoms with van der Waals surface area (Å²) in [6, 6.07) is 1.78. The van der Waals surface area contributed by atoms with Crippen LogP contribution in [0.3, 0.4) is 0 Å². The molecular weight excluding hydrogens is 222 g/mol. The molecule has 0 bridgehead atoms. The number of aromatic carboxylic acids is 1. The molecule has 1 aliphatic carbocycles. The van der Waals surface area contributed by atoms with Crippen molar-refractivity contribution >= 4 is 17.3 Å². The topological polar surface area (TPSA) is 49.3 Å². The van der Waals surface area contributed by atoms with Crippen LogP contribution in [0.2, 0.25) is 0 Å². The largest absolute Gasteiger partial charge is 0.477 e. The van der Waals surface area contributed by atoms with Crippen LogP contribution in [0.1, 0.15) is 39.4 Å². The molecule has 88 valence electrons. The van der Waals surface area contributed by atoms with Gasteiger partial charge >= 0.3 is 5.97 Å². The molecule has 2 N–H and O–H groups in total. The van der Waals surface area contributed by atoms with Crippen molar-refractivity contribution in [3.05, 3.63) is 21.4 Å². The SMILES string of the molecule is Cc1sc(C(=O)O)cc1CNCCC1CC1. The molecule has 1 aromatic rings. The van der Waals surface area contributed by atoms with Crippen LogP contribution in [0.5, 0.6) is 0 Å². The summed E-state index contributed by atoms with van der Waals surface area (Å²) in [4.78, 5) is 12.3. The number of carboxylic acids is 1. The van der Waals surface area contributed by atoms with Gasteiger partial charge in [0.2, 0.25) is 0 Å². The van der Waals surface area contributed by atoms with E-state index < -0.39 is 5.97 Å². The van der Waals surface area contributed by atoms with Gasteiger partial charge in [0.25, 0.3) is 0 Å². The highest BCUT2D eigenvalue weighted by Gasteiger charge is 2.20. The lowest BCUT2D eigenvalue weighted by Gasteiger charge is -2.02. The van der Waals surface area contributed by atoms with Gasteiger partial charge in [0.05, 0.1) is 0 Å². The molecule has 0 aliphatic heterocycles. The zero-order valence-electron chi connectivity index (χ0n) is 9.45. The lowest BCUT2D eigenvalue weighted by molar-refractivity contribution is 0.0702. The van der Waals surface area contributed by atoms with E-state index in [0.717, 1.165) is 29.4 Å². The molecule has 2 rings (SSSR count). The summed E-state index contributed by atoms with van der Waals surface area (Å²) in [6.07, 6.45) is 4.04. The van der Waals surface area contributed by atoms with Gasteiger partial charge < -0.3 is 10.4 Å². The van der Waals surface area contributed by atoms with Gasteiger partial charge in [-0.25, -0.2) is 4.79 Å². The molecule has 1 fully saturated rings. The maximum atomic E-state index is 10.8. The molecule has 0 aromatic carbocycles. The minimum absolute atomic E-state index is 0.441. The summed E-state index contributed by atoms with van der Waals surface area (Å²) in [7, 11) is 0. The van der Waals surface area contributed by atoms with Crippen molar-refractivity contribution in [3.63, 3.8) is 0 Å². The Balaban J connectivity index is 1.80. The van der Waals surface area contributed by atoms with Crippen molar-refractivity contribution in [2.24, 2.45) is 5.92 Å². The molecule has 3 nitrogen and oxygen atoms in total. The molecule has 1 heterocycles. The van der Waals surface area contributed by atoms with Crippen LogP contribution < -0.4 is 5.32 Å². The average Bonchev–Trinajstić information content (AvgIpc) is 2.98. The Hall–Kier alpha value is -0.870. The van der Waals surface area contributed by atoms with E-state index in [4.69, 9.17) is 5.11 Å². The zero-order chi connectivity index (χ0) is 11.5. The monoisotopic (exact) mass is 239 g/mol. The van der Waals surface area contributed by atoms with Crippen LogP contribution in [-0.4, -0.2) is 17.6 Å². The maximum absolute atomic E-state index is 10.8. The molecular formula is C12H17NO2S. The average molecular weight is 239 g/mol. The fourth-order valence-corrected chi connectivity index (χ4v) is 2.62. The Morgan fingerprint density at radius 1 is 1.62 bits per heavy atom. The minimum atomic E-state index is -0.822. The lowest BCUT2D eigenvalue weighted by Crippen LogP contribution is -2.15. The summed E-state index contributed by atoms with van der Waals surface area (Å²) in [6.45, 7) is 3.82. The van der Waals surface area contributed by atoms with Crippen LogP contribution in [-0.2, 0) is 6.54 Å². The second-order valence-electron chi connectivity index (χ2n) is 4.41. The van der Waals surface area contributed by atoms with E-state index in [-0.39, 0.29) is 0 Å². The predicted octanol–water partition coefficient (Wildman–Crippen LogP) is 2.64. The molecule has 0 radical (unpaired) electrons. The first kappa shape index (κ1) is 11.6. The van der Waals surface area contributed by atoms with Gasteiger partial charge in [-0.2, -0.15) is 0 Å². The van der Waals surface area contributed by atoms with Gasteiger partial charge in [-0.15, -0.1) is 11.3 Å². The van der Waals surface area contributed by atoms with Crippen LogP contribution in [0, 0.1) is 12.8 Å². The van der Waals surface area contributed by atoms with Gasteiger partial charge in [-0.05, 0) is 37.4 Å². The number of aryl methyl sites for hydroxylation is 1. The molecule has 0 atom stereocenters. The molecule has 16 heavy (non-hydrogen) atoms. The number of carbonyl (C=O) groups is 1. The second-order valence-corrected chi connectivity index (χ2v) is 5.66. The number of carboxylic acid groups (broad SMARTS) is 1. The van der Waals surface area contributed by atoms with Gasteiger partial charge in [0.1, 0.15) is 4.88 Å². The second kappa shape index (κ2) is 4.97. The van der Waals surface area contributed by atoms with E-state index in [0.29, 0.717) is 4.88 Å². The summed E-state index contributed by atoms with van der Waals surface area (Å²) in [5.74, 6) is 0.128. The molecule has 0 amide bonds. The molecule has 4 heteroatoms. The van der Waals surface area contributed by atoms with E-state index >= 15 is 0 Å². The van der Waals surface area contributed by atoms with Crippen LogP contribution in [0.15, 0.2) is 6.07 Å². The Labute approximate surface area is 99.5 Å². The molecule has 1 saturated carbocycles. The first-order valence-electron chi connectivity index (χ1n) is 5.70. The van der Waals surface area contributed by atoms with Crippen molar-refractivity contribution in [2.45, 2.75) is 32.7 Å². The van der Waals surface area contributed by atoms with E-state index in [9.17, 15) is 4.79 Å². The Kier molecular flexibility index (Phi) is 3.61. The quantitative estimate of drug-likeness (QED) is 0.750. The van der Waals surface area contributed by atoms with Gasteiger partial charge in [-0.3, -0.25) is 0 Å². The number of hydrogen-bond acceptors (Lipinski definition) is 3. The molecule has 0 unspecified atom stereocenters. The third kappa shape index (κ3) is 3.06. The van der Waals surface area contributed by atoms with E-state index in [2.05, 4.69) is 5.32 Å². The van der Waals surface area contributed by atoms with Crippen molar-refractivity contribution in [1.29, 1.82) is 0 Å². The summed E-state index contributed by atoms with van der Waals surface area (Å²) in [5, 5.41) is 12.2. The first-order chi connectivity index (χ1) is 7.66. The predicted molar refractivity (Wildman–Crippen MR) is 65.1 cm³/mol. The van der Waals surface area contributed by atoms with E-state index in [1.165, 1.54) is 30.6 Å². The van der Waals surface area contributed by atoms with Gasteiger partial charge in [-0.1, -0.05) is 12.8 Å². The Bertz CT molecular complexity index is 382. The van der Waals surface area contributed by atoms with E-state index in [1.807, 2.05) is 6.92 Å². The Morgan fingerprint density at radius 3 is 2.94 bits per heavy atom. The van der Waals surface area contributed by atoms with Crippen LogP contribution in [0.25, 0.3) is 0 Å². The fraction of sp³-hybridized carbons (Fsp3) is 0.583. The third-order valence-electron chi connectivity index (χ3n) is 2.97. The number of rotatable bonds is 6. The highest BCUT2D eigenvalue weighted by atomic mass is 32.1. The molecule has 1 aromatic heterocycles. The zero-order valence-corrected chi connectivity index (χ0v) is 10.3. The highest BCUT2D eigenvalue weighted by molar-refractivity contribution is 7.14. The highest BCUT2D eigenvalue weighted by Crippen LogP contribution is 2.31. The van der Waals surface area contributed by atoms with Crippen LogP contribution >= 0.6 is 11.3 Å². The number of thiophene rings is 1. The summed E-state index contributed by atoms with van der Waals surface area (Å²) >= 11 is 1.36. The number of nitrogens with one attached hydrogen (secondary N) is 1. The number of hydrogen-bond donors (Lipinski definition) is 2.